The number of aromatic nitrogens is 2. The van der Waals surface area contributed by atoms with Crippen molar-refractivity contribution in [2.24, 2.45) is 5.14 Å². The Hall–Kier alpha value is -3.75. The van der Waals surface area contributed by atoms with Crippen molar-refractivity contribution in [2.45, 2.75) is 44.6 Å². The van der Waals surface area contributed by atoms with E-state index in [1.54, 1.807) is 25.1 Å². The number of esters is 1. The molecule has 1 aromatic heterocycles. The van der Waals surface area contributed by atoms with E-state index < -0.39 is 10.0 Å². The molecule has 0 aliphatic carbocycles. The SMILES string of the molecule is CCCn1nc(Cc2ccc(-c3ccccc3S(N)(=O)=O)cc2)c(C(=O)OCC)c1Cc1ccccc1. The van der Waals surface area contributed by atoms with E-state index in [1.165, 1.54) is 6.07 Å². The molecule has 2 N–H and O–H groups in total. The molecule has 4 rings (SSSR count). The Kier molecular flexibility index (Phi) is 8.21. The molecule has 0 saturated carbocycles. The summed E-state index contributed by atoms with van der Waals surface area (Å²) in [5.74, 6) is -0.371. The van der Waals surface area contributed by atoms with Gasteiger partial charge in [-0.25, -0.2) is 18.4 Å². The van der Waals surface area contributed by atoms with Crippen LogP contribution in [-0.2, 0) is 34.1 Å². The monoisotopic (exact) mass is 517 g/mol. The predicted molar refractivity (Wildman–Crippen MR) is 144 cm³/mol. The Bertz CT molecular complexity index is 1480. The van der Waals surface area contributed by atoms with Crippen LogP contribution in [0.4, 0.5) is 0 Å². The summed E-state index contributed by atoms with van der Waals surface area (Å²) in [6, 6.07) is 24.2. The third kappa shape index (κ3) is 6.15. The average Bonchev–Trinajstić information content (AvgIpc) is 3.21. The fourth-order valence-electron chi connectivity index (χ4n) is 4.43. The summed E-state index contributed by atoms with van der Waals surface area (Å²) in [7, 11) is -3.86. The minimum atomic E-state index is -3.86. The van der Waals surface area contributed by atoms with Gasteiger partial charge in [0.05, 0.1) is 22.9 Å². The number of nitrogens with two attached hydrogens (primary N) is 1. The van der Waals surface area contributed by atoms with Gasteiger partial charge in [0.2, 0.25) is 10.0 Å². The van der Waals surface area contributed by atoms with Gasteiger partial charge in [0.15, 0.2) is 0 Å². The van der Waals surface area contributed by atoms with Gasteiger partial charge in [0, 0.05) is 24.9 Å². The molecule has 0 saturated heterocycles. The Morgan fingerprint density at radius 3 is 2.19 bits per heavy atom. The van der Waals surface area contributed by atoms with Crippen LogP contribution in [-0.4, -0.2) is 30.8 Å². The van der Waals surface area contributed by atoms with Crippen molar-refractivity contribution in [1.29, 1.82) is 0 Å². The molecule has 4 aromatic rings. The predicted octanol–water partition coefficient (Wildman–Crippen LogP) is 4.97. The molecule has 3 aromatic carbocycles. The lowest BCUT2D eigenvalue weighted by Gasteiger charge is -2.10. The maximum atomic E-state index is 13.1. The first-order chi connectivity index (χ1) is 17.8. The van der Waals surface area contributed by atoms with Crippen molar-refractivity contribution < 1.29 is 17.9 Å². The Morgan fingerprint density at radius 2 is 1.54 bits per heavy atom. The summed E-state index contributed by atoms with van der Waals surface area (Å²) < 4.78 is 31.4. The summed E-state index contributed by atoms with van der Waals surface area (Å²) >= 11 is 0. The van der Waals surface area contributed by atoms with Gasteiger partial charge < -0.3 is 4.74 Å². The van der Waals surface area contributed by atoms with Crippen molar-refractivity contribution in [3.8, 4) is 11.1 Å². The molecule has 0 fully saturated rings. The lowest BCUT2D eigenvalue weighted by atomic mass is 9.99. The van der Waals surface area contributed by atoms with E-state index in [2.05, 4.69) is 6.92 Å². The zero-order valence-electron chi connectivity index (χ0n) is 21.1. The highest BCUT2D eigenvalue weighted by atomic mass is 32.2. The first kappa shape index (κ1) is 26.3. The molecular weight excluding hydrogens is 486 g/mol. The molecular formula is C29H31N3O4S. The fraction of sp³-hybridized carbons (Fsp3) is 0.241. The van der Waals surface area contributed by atoms with Crippen molar-refractivity contribution in [1.82, 2.24) is 9.78 Å². The standard InChI is InChI=1S/C29H31N3O4S/c1-3-18-32-26(20-21-10-6-5-7-11-21)28(29(33)36-4-2)25(31-32)19-22-14-16-23(17-15-22)24-12-8-9-13-27(24)37(30,34)35/h5-17H,3-4,18-20H2,1-2H3,(H2,30,34,35). The number of hydrogen-bond donors (Lipinski definition) is 1. The summed E-state index contributed by atoms with van der Waals surface area (Å²) in [5.41, 5.74) is 5.34. The van der Waals surface area contributed by atoms with Crippen LogP contribution in [0.15, 0.2) is 83.8 Å². The van der Waals surface area contributed by atoms with Gasteiger partial charge in [0.25, 0.3) is 0 Å². The third-order valence-electron chi connectivity index (χ3n) is 6.09. The molecule has 0 bridgehead atoms. The molecule has 0 amide bonds. The lowest BCUT2D eigenvalue weighted by Crippen LogP contribution is -2.13. The van der Waals surface area contributed by atoms with E-state index in [0.29, 0.717) is 36.2 Å². The number of rotatable bonds is 10. The number of carbonyl (C=O) groups is 1. The van der Waals surface area contributed by atoms with Crippen LogP contribution < -0.4 is 5.14 Å². The van der Waals surface area contributed by atoms with Crippen molar-refractivity contribution in [3.63, 3.8) is 0 Å². The maximum absolute atomic E-state index is 13.1. The number of aryl methyl sites for hydroxylation is 1. The van der Waals surface area contributed by atoms with E-state index in [9.17, 15) is 13.2 Å². The van der Waals surface area contributed by atoms with E-state index in [4.69, 9.17) is 15.0 Å². The molecule has 37 heavy (non-hydrogen) atoms. The summed E-state index contributed by atoms with van der Waals surface area (Å²) in [5, 5.41) is 10.3. The molecule has 0 aliphatic heterocycles. The Balaban J connectivity index is 1.71. The summed E-state index contributed by atoms with van der Waals surface area (Å²) in [4.78, 5) is 13.2. The van der Waals surface area contributed by atoms with Gasteiger partial charge in [-0.2, -0.15) is 5.10 Å². The van der Waals surface area contributed by atoms with Crippen molar-refractivity contribution in [2.75, 3.05) is 6.61 Å². The first-order valence-corrected chi connectivity index (χ1v) is 13.9. The summed E-state index contributed by atoms with van der Waals surface area (Å²) in [6.45, 7) is 4.84. The highest BCUT2D eigenvalue weighted by Gasteiger charge is 2.25. The molecule has 0 radical (unpaired) electrons. The van der Waals surface area contributed by atoms with Gasteiger partial charge in [-0.3, -0.25) is 4.68 Å². The summed E-state index contributed by atoms with van der Waals surface area (Å²) in [6.07, 6.45) is 1.89. The fourth-order valence-corrected chi connectivity index (χ4v) is 5.19. The van der Waals surface area contributed by atoms with Gasteiger partial charge in [-0.1, -0.05) is 79.7 Å². The highest BCUT2D eigenvalue weighted by Crippen LogP contribution is 2.28. The number of benzene rings is 3. The smallest absolute Gasteiger partial charge is 0.341 e. The second-order valence-electron chi connectivity index (χ2n) is 8.79. The van der Waals surface area contributed by atoms with Gasteiger partial charge in [-0.05, 0) is 36.1 Å². The van der Waals surface area contributed by atoms with Crippen molar-refractivity contribution in [3.05, 3.63) is 107 Å². The van der Waals surface area contributed by atoms with Gasteiger partial charge in [-0.15, -0.1) is 0 Å². The minimum absolute atomic E-state index is 0.0798. The second kappa shape index (κ2) is 11.5. The number of hydrogen-bond acceptors (Lipinski definition) is 5. The van der Waals surface area contributed by atoms with Gasteiger partial charge in [0.1, 0.15) is 5.56 Å². The Morgan fingerprint density at radius 1 is 0.892 bits per heavy atom. The molecule has 192 valence electrons. The van der Waals surface area contributed by atoms with Crippen LogP contribution >= 0.6 is 0 Å². The third-order valence-corrected chi connectivity index (χ3v) is 7.06. The normalized spacial score (nSPS) is 11.4. The highest BCUT2D eigenvalue weighted by molar-refractivity contribution is 7.89. The largest absolute Gasteiger partial charge is 0.462 e. The average molecular weight is 518 g/mol. The molecule has 0 unspecified atom stereocenters. The van der Waals surface area contributed by atoms with Crippen LogP contribution in [0.3, 0.4) is 0 Å². The number of sulfonamides is 1. The van der Waals surface area contributed by atoms with Crippen LogP contribution in [0.25, 0.3) is 11.1 Å². The molecule has 8 heteroatoms. The Labute approximate surface area is 218 Å². The zero-order valence-corrected chi connectivity index (χ0v) is 21.9. The molecule has 1 heterocycles. The molecule has 0 atom stereocenters. The van der Waals surface area contributed by atoms with Gasteiger partial charge >= 0.3 is 5.97 Å². The van der Waals surface area contributed by atoms with Crippen LogP contribution in [0.1, 0.15) is 53.1 Å². The quantitative estimate of drug-likeness (QED) is 0.299. The second-order valence-corrected chi connectivity index (χ2v) is 10.3. The van der Waals surface area contributed by atoms with E-state index in [-0.39, 0.29) is 17.5 Å². The number of ether oxygens (including phenoxy) is 1. The molecule has 0 spiro atoms. The van der Waals surface area contributed by atoms with Crippen LogP contribution in [0.2, 0.25) is 0 Å². The lowest BCUT2D eigenvalue weighted by molar-refractivity contribution is 0.0524. The number of carbonyl (C=O) groups excluding carboxylic acids is 1. The number of primary sulfonamides is 1. The van der Waals surface area contributed by atoms with E-state index in [1.807, 2.05) is 59.3 Å². The minimum Gasteiger partial charge on any atom is -0.462 e. The topological polar surface area (TPSA) is 104 Å². The van der Waals surface area contributed by atoms with Crippen LogP contribution in [0.5, 0.6) is 0 Å². The van der Waals surface area contributed by atoms with Crippen LogP contribution in [0, 0.1) is 0 Å². The first-order valence-electron chi connectivity index (χ1n) is 12.3. The molecule has 7 nitrogen and oxygen atoms in total. The van der Waals surface area contributed by atoms with E-state index in [0.717, 1.165) is 28.8 Å². The maximum Gasteiger partial charge on any atom is 0.341 e. The number of nitrogens with zero attached hydrogens (tertiary/aromatic N) is 2. The zero-order chi connectivity index (χ0) is 26.4. The molecule has 0 aliphatic rings. The van der Waals surface area contributed by atoms with Crippen molar-refractivity contribution >= 4 is 16.0 Å². The van der Waals surface area contributed by atoms with E-state index >= 15 is 0 Å².